The van der Waals surface area contributed by atoms with Gasteiger partial charge in [0.05, 0.1) is 0 Å². The first-order chi connectivity index (χ1) is 14.4. The maximum atomic E-state index is 13.7. The van der Waals surface area contributed by atoms with Gasteiger partial charge in [0, 0.05) is 12.8 Å². The Hall–Kier alpha value is -1.64. The summed E-state index contributed by atoms with van der Waals surface area (Å²) in [6, 6.07) is 0. The minimum atomic E-state index is -8.37. The van der Waals surface area contributed by atoms with Crippen LogP contribution in [0.1, 0.15) is 33.1 Å². The molecule has 0 atom stereocenters. The van der Waals surface area contributed by atoms with Gasteiger partial charge in [-0.3, -0.25) is 0 Å². The van der Waals surface area contributed by atoms with E-state index in [1.807, 2.05) is 0 Å². The fourth-order valence-electron chi connectivity index (χ4n) is 2.23. The van der Waals surface area contributed by atoms with Crippen LogP contribution in [0.15, 0.2) is 24.3 Å². The van der Waals surface area contributed by atoms with E-state index in [1.165, 1.54) is 0 Å². The third-order valence-electron chi connectivity index (χ3n) is 4.36. The molecular formula is C17H16F16. The van der Waals surface area contributed by atoms with Crippen LogP contribution in [0.2, 0.25) is 0 Å². The maximum absolute atomic E-state index is 13.7. The van der Waals surface area contributed by atoms with Crippen molar-refractivity contribution in [2.24, 2.45) is 0 Å². The molecule has 0 aromatic rings. The van der Waals surface area contributed by atoms with Crippen LogP contribution in [-0.2, 0) is 0 Å². The molecule has 0 amide bonds. The minimum absolute atomic E-state index is 0.00562. The van der Waals surface area contributed by atoms with Gasteiger partial charge in [-0.1, -0.05) is 24.3 Å². The summed E-state index contributed by atoms with van der Waals surface area (Å²) in [5.41, 5.74) is 0. The average molecular weight is 524 g/mol. The van der Waals surface area contributed by atoms with Gasteiger partial charge >= 0.3 is 47.4 Å². The Morgan fingerprint density at radius 3 is 1.06 bits per heavy atom. The van der Waals surface area contributed by atoms with Gasteiger partial charge in [0.15, 0.2) is 0 Å². The largest absolute Gasteiger partial charge is 0.384 e. The third-order valence-corrected chi connectivity index (χ3v) is 4.36. The highest BCUT2D eigenvalue weighted by atomic mass is 19.4. The first-order valence-electron chi connectivity index (χ1n) is 8.62. The number of hydrogen-bond donors (Lipinski definition) is 0. The molecule has 0 N–H and O–H groups in total. The summed E-state index contributed by atoms with van der Waals surface area (Å²) in [7, 11) is 0. The molecule has 0 aliphatic heterocycles. The lowest BCUT2D eigenvalue weighted by Crippen LogP contribution is -2.74. The Morgan fingerprint density at radius 2 is 0.727 bits per heavy atom. The molecule has 0 nitrogen and oxygen atoms in total. The number of allylic oxidation sites excluding steroid dienone is 4. The Balaban J connectivity index is 6.63. The molecule has 0 aliphatic rings. The lowest BCUT2D eigenvalue weighted by Gasteiger charge is -2.43. The molecule has 0 radical (unpaired) electrons. The minimum Gasteiger partial charge on any atom is -0.200 e. The molecule has 0 unspecified atom stereocenters. The Kier molecular flexibility index (Phi) is 8.73. The molecule has 0 saturated heterocycles. The fraction of sp³-hybridized carbons (Fsp3) is 0.765. The molecule has 0 aromatic heterocycles. The highest BCUT2D eigenvalue weighted by Gasteiger charge is 2.94. The zero-order valence-electron chi connectivity index (χ0n) is 16.5. The summed E-state index contributed by atoms with van der Waals surface area (Å²) in [6.07, 6.45) is -4.02. The van der Waals surface area contributed by atoms with Crippen LogP contribution in [0.4, 0.5) is 70.2 Å². The second kappa shape index (κ2) is 9.19. The molecule has 0 aromatic carbocycles. The van der Waals surface area contributed by atoms with Crippen molar-refractivity contribution in [3.05, 3.63) is 24.3 Å². The second-order valence-electron chi connectivity index (χ2n) is 6.74. The van der Waals surface area contributed by atoms with Gasteiger partial charge < -0.3 is 0 Å². The van der Waals surface area contributed by atoms with Gasteiger partial charge in [-0.2, -0.15) is 70.2 Å². The summed E-state index contributed by atoms with van der Waals surface area (Å²) in [5, 5.41) is 0. The molecule has 0 fully saturated rings. The van der Waals surface area contributed by atoms with E-state index in [2.05, 4.69) is 0 Å². The van der Waals surface area contributed by atoms with Gasteiger partial charge in [0.2, 0.25) is 0 Å². The van der Waals surface area contributed by atoms with Crippen molar-refractivity contribution in [2.45, 2.75) is 80.5 Å². The lowest BCUT2D eigenvalue weighted by molar-refractivity contribution is -0.453. The molecule has 0 spiro atoms. The van der Waals surface area contributed by atoms with Crippen LogP contribution in [0.5, 0.6) is 0 Å². The highest BCUT2D eigenvalue weighted by Crippen LogP contribution is 2.64. The molecule has 16 heteroatoms. The Morgan fingerprint density at radius 1 is 0.424 bits per heavy atom. The molecule has 0 saturated carbocycles. The lowest BCUT2D eigenvalue weighted by atomic mass is 9.86. The summed E-state index contributed by atoms with van der Waals surface area (Å²) < 4.78 is 217. The number of hydrogen-bond acceptors (Lipinski definition) is 0. The standard InChI is InChI=1S/C17H16F16/c1-3-5-7-9-11(20,21)13(24,25)15(28,29)17(32,33)16(30,31)14(26,27)12(22,23)10(18,19)8-6-4-2/h3-6H,7-9H2,1-2H3. The number of halogens is 16. The summed E-state index contributed by atoms with van der Waals surface area (Å²) >= 11 is 0. The second-order valence-corrected chi connectivity index (χ2v) is 6.74. The van der Waals surface area contributed by atoms with E-state index in [4.69, 9.17) is 0 Å². The van der Waals surface area contributed by atoms with Crippen molar-refractivity contribution >= 4 is 0 Å². The maximum Gasteiger partial charge on any atom is 0.384 e. The molecule has 33 heavy (non-hydrogen) atoms. The van der Waals surface area contributed by atoms with E-state index < -0.39 is 66.6 Å². The van der Waals surface area contributed by atoms with Crippen LogP contribution < -0.4 is 0 Å². The van der Waals surface area contributed by atoms with Crippen molar-refractivity contribution in [1.29, 1.82) is 0 Å². The van der Waals surface area contributed by atoms with Crippen molar-refractivity contribution in [1.82, 2.24) is 0 Å². The molecule has 0 bridgehead atoms. The van der Waals surface area contributed by atoms with E-state index in [1.54, 1.807) is 0 Å². The van der Waals surface area contributed by atoms with Crippen LogP contribution >= 0.6 is 0 Å². The predicted octanol–water partition coefficient (Wildman–Crippen LogP) is 8.39. The summed E-state index contributed by atoms with van der Waals surface area (Å²) in [6.45, 7) is 1.97. The monoisotopic (exact) mass is 524 g/mol. The Bertz CT molecular complexity index is 717. The number of rotatable bonds is 12. The molecule has 0 rings (SSSR count). The van der Waals surface area contributed by atoms with Gasteiger partial charge in [0.1, 0.15) is 0 Å². The van der Waals surface area contributed by atoms with Crippen molar-refractivity contribution in [3.8, 4) is 0 Å². The topological polar surface area (TPSA) is 0 Å². The van der Waals surface area contributed by atoms with Gasteiger partial charge in [-0.25, -0.2) is 0 Å². The predicted molar refractivity (Wildman–Crippen MR) is 83.1 cm³/mol. The van der Waals surface area contributed by atoms with Crippen LogP contribution in [-0.4, -0.2) is 47.4 Å². The van der Waals surface area contributed by atoms with Crippen LogP contribution in [0.25, 0.3) is 0 Å². The van der Waals surface area contributed by atoms with Gasteiger partial charge in [-0.05, 0) is 20.3 Å². The van der Waals surface area contributed by atoms with Gasteiger partial charge in [-0.15, -0.1) is 0 Å². The first kappa shape index (κ1) is 31.4. The normalized spacial score (nSPS) is 16.3. The smallest absolute Gasteiger partial charge is 0.200 e. The van der Waals surface area contributed by atoms with Crippen molar-refractivity contribution in [3.63, 3.8) is 0 Å². The van der Waals surface area contributed by atoms with E-state index in [9.17, 15) is 70.2 Å². The van der Waals surface area contributed by atoms with E-state index in [-0.39, 0.29) is 6.08 Å². The molecule has 196 valence electrons. The average Bonchev–Trinajstić information content (AvgIpc) is 2.65. The SMILES string of the molecule is CC=CCCC(F)(F)C(F)(F)C(F)(F)C(F)(F)C(F)(F)C(F)(F)C(F)(F)C(F)(F)CC=CC. The Labute approximate surface area is 176 Å². The van der Waals surface area contributed by atoms with Crippen molar-refractivity contribution in [2.75, 3.05) is 0 Å². The molecule has 0 aliphatic carbocycles. The van der Waals surface area contributed by atoms with E-state index in [0.29, 0.717) is 12.2 Å². The zero-order chi connectivity index (χ0) is 26.9. The number of alkyl halides is 16. The first-order valence-corrected chi connectivity index (χ1v) is 8.62. The zero-order valence-corrected chi connectivity index (χ0v) is 16.5. The molecule has 0 heterocycles. The fourth-order valence-corrected chi connectivity index (χ4v) is 2.23. The van der Waals surface area contributed by atoms with Gasteiger partial charge in [0.25, 0.3) is 0 Å². The quantitative estimate of drug-likeness (QED) is 0.178. The van der Waals surface area contributed by atoms with Crippen LogP contribution in [0, 0.1) is 0 Å². The van der Waals surface area contributed by atoms with E-state index in [0.717, 1.165) is 19.9 Å². The van der Waals surface area contributed by atoms with Crippen LogP contribution in [0.3, 0.4) is 0 Å². The third kappa shape index (κ3) is 4.66. The van der Waals surface area contributed by atoms with Crippen molar-refractivity contribution < 1.29 is 70.2 Å². The highest BCUT2D eigenvalue weighted by molar-refractivity contribution is 5.16. The summed E-state index contributed by atoms with van der Waals surface area (Å²) in [5.74, 6) is -60.5. The summed E-state index contributed by atoms with van der Waals surface area (Å²) in [4.78, 5) is 0. The molecular weight excluding hydrogens is 508 g/mol. The van der Waals surface area contributed by atoms with E-state index >= 15 is 0 Å².